The molecule has 0 bridgehead atoms. The number of amides is 1. The average molecular weight is 296 g/mol. The number of likely N-dealkylation sites (N-methyl/N-ethyl adjacent to an activating group) is 1. The summed E-state index contributed by atoms with van der Waals surface area (Å²) in [6.45, 7) is 9.08. The van der Waals surface area contributed by atoms with Crippen molar-refractivity contribution >= 4 is 17.2 Å². The lowest BCUT2D eigenvalue weighted by atomic mass is 10.3. The minimum Gasteiger partial charge on any atom is -0.396 e. The summed E-state index contributed by atoms with van der Waals surface area (Å²) >= 11 is 1.66. The van der Waals surface area contributed by atoms with Crippen LogP contribution in [-0.4, -0.2) is 53.6 Å². The first-order chi connectivity index (χ1) is 9.71. The summed E-state index contributed by atoms with van der Waals surface area (Å²) in [4.78, 5) is 17.4. The second-order valence-corrected chi connectivity index (χ2v) is 5.62. The summed E-state index contributed by atoms with van der Waals surface area (Å²) in [6.07, 6.45) is 2.46. The van der Waals surface area contributed by atoms with Gasteiger partial charge >= 0.3 is 0 Å². The zero-order chi connectivity index (χ0) is 14.8. The van der Waals surface area contributed by atoms with Gasteiger partial charge < -0.3 is 10.0 Å². The zero-order valence-electron chi connectivity index (χ0n) is 12.1. The van der Waals surface area contributed by atoms with Crippen molar-refractivity contribution in [3.63, 3.8) is 0 Å². The molecule has 1 rings (SSSR count). The number of aliphatic hydroxyl groups is 1. The minimum atomic E-state index is 0.109. The van der Waals surface area contributed by atoms with E-state index in [9.17, 15) is 4.79 Å². The van der Waals surface area contributed by atoms with Crippen molar-refractivity contribution < 1.29 is 9.90 Å². The van der Waals surface area contributed by atoms with Gasteiger partial charge in [0.15, 0.2) is 0 Å². The van der Waals surface area contributed by atoms with Gasteiger partial charge in [0.25, 0.3) is 0 Å². The summed E-state index contributed by atoms with van der Waals surface area (Å²) < 4.78 is 0. The van der Waals surface area contributed by atoms with Crippen LogP contribution in [0.1, 0.15) is 18.2 Å². The number of nitrogens with zero attached hydrogens (tertiary/aromatic N) is 2. The highest BCUT2D eigenvalue weighted by atomic mass is 32.1. The molecule has 0 saturated carbocycles. The molecule has 0 aliphatic rings. The SMILES string of the molecule is C=CCN(Cc1cccs1)C(=O)CN(CC)CCCO. The van der Waals surface area contributed by atoms with Gasteiger partial charge in [0.05, 0.1) is 13.1 Å². The molecule has 0 atom stereocenters. The third kappa shape index (κ3) is 5.86. The molecule has 0 fully saturated rings. The highest BCUT2D eigenvalue weighted by Gasteiger charge is 2.16. The fourth-order valence-corrected chi connectivity index (χ4v) is 2.66. The van der Waals surface area contributed by atoms with E-state index in [-0.39, 0.29) is 12.5 Å². The van der Waals surface area contributed by atoms with E-state index in [4.69, 9.17) is 5.11 Å². The Bertz CT molecular complexity index is 393. The predicted molar refractivity (Wildman–Crippen MR) is 83.7 cm³/mol. The number of aliphatic hydroxyl groups excluding tert-OH is 1. The lowest BCUT2D eigenvalue weighted by Gasteiger charge is -2.25. The second kappa shape index (κ2) is 9.69. The first kappa shape index (κ1) is 16.9. The topological polar surface area (TPSA) is 43.8 Å². The Labute approximate surface area is 125 Å². The Morgan fingerprint density at radius 2 is 2.35 bits per heavy atom. The Morgan fingerprint density at radius 3 is 2.90 bits per heavy atom. The van der Waals surface area contributed by atoms with Gasteiger partial charge in [-0.2, -0.15) is 0 Å². The van der Waals surface area contributed by atoms with Crippen LogP contribution in [0, 0.1) is 0 Å². The van der Waals surface area contributed by atoms with Crippen LogP contribution in [0.15, 0.2) is 30.2 Å². The molecule has 0 aliphatic carbocycles. The molecule has 0 radical (unpaired) electrons. The molecule has 1 aromatic rings. The Balaban J connectivity index is 2.56. The van der Waals surface area contributed by atoms with E-state index < -0.39 is 0 Å². The van der Waals surface area contributed by atoms with Gasteiger partial charge in [-0.1, -0.05) is 19.1 Å². The van der Waals surface area contributed by atoms with Crippen LogP contribution in [0.3, 0.4) is 0 Å². The molecule has 1 N–H and O–H groups in total. The molecular weight excluding hydrogens is 272 g/mol. The molecule has 0 spiro atoms. The van der Waals surface area contributed by atoms with Gasteiger partial charge in [-0.15, -0.1) is 17.9 Å². The van der Waals surface area contributed by atoms with Crippen molar-refractivity contribution in [2.75, 3.05) is 32.8 Å². The van der Waals surface area contributed by atoms with Crippen LogP contribution in [0.25, 0.3) is 0 Å². The molecule has 20 heavy (non-hydrogen) atoms. The maximum atomic E-state index is 12.4. The maximum Gasteiger partial charge on any atom is 0.237 e. The standard InChI is InChI=1S/C15H24N2O2S/c1-3-8-17(12-14-7-5-11-20-14)15(19)13-16(4-2)9-6-10-18/h3,5,7,11,18H,1,4,6,8-10,12-13H2,2H3. The highest BCUT2D eigenvalue weighted by molar-refractivity contribution is 7.09. The fourth-order valence-electron chi connectivity index (χ4n) is 1.94. The van der Waals surface area contributed by atoms with Crippen molar-refractivity contribution in [2.24, 2.45) is 0 Å². The summed E-state index contributed by atoms with van der Waals surface area (Å²) in [5.41, 5.74) is 0. The first-order valence-corrected chi connectivity index (χ1v) is 7.83. The normalized spacial score (nSPS) is 10.8. The number of carbonyl (C=O) groups is 1. The van der Waals surface area contributed by atoms with Crippen LogP contribution in [0.4, 0.5) is 0 Å². The monoisotopic (exact) mass is 296 g/mol. The maximum absolute atomic E-state index is 12.4. The van der Waals surface area contributed by atoms with Crippen LogP contribution in [-0.2, 0) is 11.3 Å². The van der Waals surface area contributed by atoms with Crippen molar-refractivity contribution in [3.8, 4) is 0 Å². The van der Waals surface area contributed by atoms with Gasteiger partial charge in [0.1, 0.15) is 0 Å². The molecule has 0 aromatic carbocycles. The number of rotatable bonds is 10. The van der Waals surface area contributed by atoms with Crippen LogP contribution < -0.4 is 0 Å². The predicted octanol–water partition coefficient (Wildman–Crippen LogP) is 1.97. The van der Waals surface area contributed by atoms with E-state index in [2.05, 4.69) is 11.5 Å². The van der Waals surface area contributed by atoms with E-state index in [1.807, 2.05) is 29.3 Å². The van der Waals surface area contributed by atoms with E-state index in [1.165, 1.54) is 4.88 Å². The molecule has 0 unspecified atom stereocenters. The molecule has 4 nitrogen and oxygen atoms in total. The quantitative estimate of drug-likeness (QED) is 0.671. The lowest BCUT2D eigenvalue weighted by Crippen LogP contribution is -2.40. The summed E-state index contributed by atoms with van der Waals surface area (Å²) in [7, 11) is 0. The Morgan fingerprint density at radius 1 is 1.55 bits per heavy atom. The van der Waals surface area contributed by atoms with Gasteiger partial charge in [-0.25, -0.2) is 0 Å². The van der Waals surface area contributed by atoms with Gasteiger partial charge in [0.2, 0.25) is 5.91 Å². The van der Waals surface area contributed by atoms with Gasteiger partial charge in [-0.05, 0) is 24.4 Å². The number of hydrogen-bond acceptors (Lipinski definition) is 4. The molecule has 0 aliphatic heterocycles. The van der Waals surface area contributed by atoms with Crippen LogP contribution in [0.5, 0.6) is 0 Å². The third-order valence-electron chi connectivity index (χ3n) is 3.07. The summed E-state index contributed by atoms with van der Waals surface area (Å²) in [6, 6.07) is 4.04. The molecular formula is C15H24N2O2S. The zero-order valence-corrected chi connectivity index (χ0v) is 12.9. The molecule has 1 aromatic heterocycles. The molecule has 0 saturated heterocycles. The van der Waals surface area contributed by atoms with Gasteiger partial charge in [0, 0.05) is 24.6 Å². The lowest BCUT2D eigenvalue weighted by molar-refractivity contribution is -0.132. The van der Waals surface area contributed by atoms with E-state index in [0.717, 1.165) is 13.1 Å². The van der Waals surface area contributed by atoms with Crippen molar-refractivity contribution in [3.05, 3.63) is 35.0 Å². The smallest absolute Gasteiger partial charge is 0.237 e. The average Bonchev–Trinajstić information content (AvgIpc) is 2.95. The fraction of sp³-hybridized carbons (Fsp3) is 0.533. The Kier molecular flexibility index (Phi) is 8.18. The van der Waals surface area contributed by atoms with E-state index in [0.29, 0.717) is 26.1 Å². The van der Waals surface area contributed by atoms with Crippen molar-refractivity contribution in [1.82, 2.24) is 9.80 Å². The summed E-state index contributed by atoms with van der Waals surface area (Å²) in [5, 5.41) is 10.9. The molecule has 1 heterocycles. The second-order valence-electron chi connectivity index (χ2n) is 4.59. The molecule has 1 amide bonds. The summed E-state index contributed by atoms with van der Waals surface area (Å²) in [5.74, 6) is 0.109. The van der Waals surface area contributed by atoms with E-state index in [1.54, 1.807) is 17.4 Å². The van der Waals surface area contributed by atoms with Crippen LogP contribution in [0.2, 0.25) is 0 Å². The largest absolute Gasteiger partial charge is 0.396 e. The van der Waals surface area contributed by atoms with Crippen molar-refractivity contribution in [2.45, 2.75) is 19.9 Å². The highest BCUT2D eigenvalue weighted by Crippen LogP contribution is 2.12. The Hall–Kier alpha value is -1.17. The number of carbonyl (C=O) groups excluding carboxylic acids is 1. The number of thiophene rings is 1. The number of hydrogen-bond donors (Lipinski definition) is 1. The van der Waals surface area contributed by atoms with Crippen LogP contribution >= 0.6 is 11.3 Å². The first-order valence-electron chi connectivity index (χ1n) is 6.95. The molecule has 112 valence electrons. The van der Waals surface area contributed by atoms with E-state index >= 15 is 0 Å². The molecule has 5 heteroatoms. The third-order valence-corrected chi connectivity index (χ3v) is 3.93. The minimum absolute atomic E-state index is 0.109. The van der Waals surface area contributed by atoms with Gasteiger partial charge in [-0.3, -0.25) is 9.69 Å². The van der Waals surface area contributed by atoms with Crippen molar-refractivity contribution in [1.29, 1.82) is 0 Å².